The van der Waals surface area contributed by atoms with Crippen LogP contribution in [0.15, 0.2) is 71.8 Å². The highest BCUT2D eigenvalue weighted by molar-refractivity contribution is 7.92. The summed E-state index contributed by atoms with van der Waals surface area (Å²) in [4.78, 5) is 11.2. The van der Waals surface area contributed by atoms with Crippen LogP contribution in [0.2, 0.25) is 0 Å². The summed E-state index contributed by atoms with van der Waals surface area (Å²) in [6.07, 6.45) is -6.86. The van der Waals surface area contributed by atoms with E-state index in [1.807, 2.05) is 6.07 Å². The van der Waals surface area contributed by atoms with Gasteiger partial charge in [0, 0.05) is 11.8 Å². The van der Waals surface area contributed by atoms with Gasteiger partial charge in [-0.15, -0.1) is 0 Å². The number of hydrogen-bond donors (Lipinski definition) is 6. The number of anilines is 2. The van der Waals surface area contributed by atoms with Gasteiger partial charge in [-0.2, -0.15) is 5.10 Å². The molecule has 0 bridgehead atoms. The fraction of sp³-hybridized carbons (Fsp3) is 0.238. The molecule has 3 aromatic rings. The van der Waals surface area contributed by atoms with Crippen LogP contribution in [0.3, 0.4) is 0 Å². The number of benzene rings is 2. The van der Waals surface area contributed by atoms with E-state index in [-0.39, 0.29) is 16.4 Å². The van der Waals surface area contributed by atoms with Crippen molar-refractivity contribution in [2.24, 2.45) is 0 Å². The summed E-state index contributed by atoms with van der Waals surface area (Å²) in [7, 11) is -3.98. The molecular formula is C21H22N4O8S. The van der Waals surface area contributed by atoms with Crippen LogP contribution >= 0.6 is 0 Å². The highest BCUT2D eigenvalue weighted by Gasteiger charge is 2.46. The lowest BCUT2D eigenvalue weighted by Crippen LogP contribution is -2.61. The molecule has 5 unspecified atom stereocenters. The molecule has 1 aliphatic rings. The largest absolute Gasteiger partial charge is 0.479 e. The van der Waals surface area contributed by atoms with Crippen LogP contribution < -0.4 is 10.0 Å². The molecule has 0 radical (unpaired) electrons. The molecule has 1 saturated heterocycles. The maximum Gasteiger partial charge on any atom is 0.335 e. The van der Waals surface area contributed by atoms with Gasteiger partial charge in [-0.1, -0.05) is 18.2 Å². The Balaban J connectivity index is 1.49. The maximum absolute atomic E-state index is 12.9. The second kappa shape index (κ2) is 9.40. The standard InChI is InChI=1S/C21H22N4O8S/c26-16-17(27)19(21(29)30)33-20(18(16)28)23-12-6-8-14(9-7-12)34(31,32)24-15-10-11-22-25(15)13-4-2-1-3-5-13/h1-11,16-20,23-24,26-28H,(H,29,30). The topological polar surface area (TPSA) is 183 Å². The highest BCUT2D eigenvalue weighted by Crippen LogP contribution is 2.25. The van der Waals surface area contributed by atoms with Gasteiger partial charge in [0.25, 0.3) is 10.0 Å². The molecule has 2 heterocycles. The van der Waals surface area contributed by atoms with Gasteiger partial charge < -0.3 is 30.5 Å². The highest BCUT2D eigenvalue weighted by atomic mass is 32.2. The zero-order valence-electron chi connectivity index (χ0n) is 17.5. The molecule has 2 aromatic carbocycles. The number of carboxylic acid groups (broad SMARTS) is 1. The molecule has 0 aliphatic carbocycles. The van der Waals surface area contributed by atoms with Crippen molar-refractivity contribution in [3.8, 4) is 5.69 Å². The zero-order chi connectivity index (χ0) is 24.5. The number of aliphatic hydroxyl groups excluding tert-OH is 3. The summed E-state index contributed by atoms with van der Waals surface area (Å²) in [5.74, 6) is -1.27. The molecule has 1 aliphatic heterocycles. The molecule has 1 aromatic heterocycles. The number of aliphatic hydroxyl groups is 3. The molecule has 12 nitrogen and oxygen atoms in total. The van der Waals surface area contributed by atoms with E-state index in [4.69, 9.17) is 9.84 Å². The minimum Gasteiger partial charge on any atom is -0.479 e. The summed E-state index contributed by atoms with van der Waals surface area (Å²) in [6, 6.07) is 15.8. The van der Waals surface area contributed by atoms with Crippen molar-refractivity contribution in [3.05, 3.63) is 66.9 Å². The molecule has 1 fully saturated rings. The van der Waals surface area contributed by atoms with E-state index in [1.165, 1.54) is 41.2 Å². The fourth-order valence-electron chi connectivity index (χ4n) is 3.45. The third-order valence-corrected chi connectivity index (χ3v) is 6.58. The monoisotopic (exact) mass is 490 g/mol. The quantitative estimate of drug-likeness (QED) is 0.263. The molecular weight excluding hydrogens is 468 g/mol. The van der Waals surface area contributed by atoms with Gasteiger partial charge >= 0.3 is 5.97 Å². The molecule has 180 valence electrons. The third kappa shape index (κ3) is 4.73. The molecule has 5 atom stereocenters. The van der Waals surface area contributed by atoms with Crippen LogP contribution in [-0.2, 0) is 19.6 Å². The van der Waals surface area contributed by atoms with E-state index in [0.717, 1.165) is 0 Å². The molecule has 0 spiro atoms. The maximum atomic E-state index is 12.9. The molecule has 4 rings (SSSR count). The second-order valence-corrected chi connectivity index (χ2v) is 9.21. The molecule has 0 amide bonds. The number of para-hydroxylation sites is 1. The van der Waals surface area contributed by atoms with E-state index in [9.17, 15) is 28.5 Å². The van der Waals surface area contributed by atoms with Gasteiger partial charge in [-0.25, -0.2) is 17.9 Å². The van der Waals surface area contributed by atoms with Crippen molar-refractivity contribution in [1.29, 1.82) is 0 Å². The van der Waals surface area contributed by atoms with Crippen molar-refractivity contribution in [2.75, 3.05) is 10.0 Å². The molecule has 34 heavy (non-hydrogen) atoms. The van der Waals surface area contributed by atoms with Crippen LogP contribution in [-0.4, -0.2) is 75.2 Å². The summed E-state index contributed by atoms with van der Waals surface area (Å²) in [6.45, 7) is 0. The van der Waals surface area contributed by atoms with Crippen molar-refractivity contribution >= 4 is 27.5 Å². The van der Waals surface area contributed by atoms with Gasteiger partial charge in [0.2, 0.25) is 0 Å². The number of rotatable bonds is 7. The Hall–Kier alpha value is -3.49. The number of aromatic nitrogens is 2. The van der Waals surface area contributed by atoms with Gasteiger partial charge in [0.1, 0.15) is 24.1 Å². The number of hydrogen-bond acceptors (Lipinski definition) is 9. The van der Waals surface area contributed by atoms with E-state index < -0.39 is 46.6 Å². The first-order valence-electron chi connectivity index (χ1n) is 10.1. The fourth-order valence-corrected chi connectivity index (χ4v) is 4.49. The summed E-state index contributed by atoms with van der Waals surface area (Å²) in [5, 5.41) is 45.8. The van der Waals surface area contributed by atoms with Crippen LogP contribution in [0.4, 0.5) is 11.5 Å². The predicted octanol–water partition coefficient (Wildman–Crippen LogP) is -0.0228. The first-order valence-corrected chi connectivity index (χ1v) is 11.6. The van der Waals surface area contributed by atoms with E-state index in [0.29, 0.717) is 5.69 Å². The summed E-state index contributed by atoms with van der Waals surface area (Å²) >= 11 is 0. The number of aliphatic carboxylic acids is 1. The first kappa shape index (κ1) is 23.7. The van der Waals surface area contributed by atoms with Crippen LogP contribution in [0, 0.1) is 0 Å². The van der Waals surface area contributed by atoms with Crippen molar-refractivity contribution in [1.82, 2.24) is 9.78 Å². The lowest BCUT2D eigenvalue weighted by molar-refractivity contribution is -0.221. The Morgan fingerprint density at radius 1 is 0.941 bits per heavy atom. The summed E-state index contributed by atoms with van der Waals surface area (Å²) < 4.78 is 34.8. The molecule has 0 saturated carbocycles. The van der Waals surface area contributed by atoms with Gasteiger partial charge in [0.15, 0.2) is 12.3 Å². The Morgan fingerprint density at radius 2 is 1.62 bits per heavy atom. The lowest BCUT2D eigenvalue weighted by Gasteiger charge is -2.39. The summed E-state index contributed by atoms with van der Waals surface area (Å²) in [5.41, 5.74) is 0.952. The van der Waals surface area contributed by atoms with Crippen LogP contribution in [0.5, 0.6) is 0 Å². The van der Waals surface area contributed by atoms with Crippen LogP contribution in [0.1, 0.15) is 0 Å². The van der Waals surface area contributed by atoms with Gasteiger partial charge in [-0.3, -0.25) is 4.72 Å². The normalized spacial score (nSPS) is 25.0. The van der Waals surface area contributed by atoms with Gasteiger partial charge in [0.05, 0.1) is 16.8 Å². The minimum atomic E-state index is -3.98. The minimum absolute atomic E-state index is 0.0668. The second-order valence-electron chi connectivity index (χ2n) is 7.53. The van der Waals surface area contributed by atoms with Crippen molar-refractivity contribution < 1.29 is 38.4 Å². The van der Waals surface area contributed by atoms with E-state index in [1.54, 1.807) is 24.3 Å². The predicted molar refractivity (Wildman–Crippen MR) is 119 cm³/mol. The van der Waals surface area contributed by atoms with Gasteiger partial charge in [-0.05, 0) is 36.4 Å². The average molecular weight is 490 g/mol. The smallest absolute Gasteiger partial charge is 0.335 e. The number of nitrogens with one attached hydrogen (secondary N) is 2. The van der Waals surface area contributed by atoms with Crippen molar-refractivity contribution in [2.45, 2.75) is 35.5 Å². The SMILES string of the molecule is O=C(O)C1OC(Nc2ccc(S(=O)(=O)Nc3ccnn3-c3ccccc3)cc2)C(O)C(O)C1O. The molecule has 13 heteroatoms. The third-order valence-electron chi connectivity index (χ3n) is 5.21. The molecule has 6 N–H and O–H groups in total. The first-order chi connectivity index (χ1) is 16.2. The Morgan fingerprint density at radius 3 is 2.26 bits per heavy atom. The van der Waals surface area contributed by atoms with E-state index in [2.05, 4.69) is 15.1 Å². The van der Waals surface area contributed by atoms with E-state index >= 15 is 0 Å². The number of ether oxygens (including phenoxy) is 1. The van der Waals surface area contributed by atoms with Crippen molar-refractivity contribution in [3.63, 3.8) is 0 Å². The number of sulfonamides is 1. The Bertz CT molecular complexity index is 1250. The number of carboxylic acids is 1. The number of nitrogens with zero attached hydrogens (tertiary/aromatic N) is 2. The zero-order valence-corrected chi connectivity index (χ0v) is 18.3. The Kier molecular flexibility index (Phi) is 6.54. The number of carbonyl (C=O) groups is 1. The lowest BCUT2D eigenvalue weighted by atomic mass is 9.98. The Labute approximate surface area is 194 Å². The van der Waals surface area contributed by atoms with Crippen LogP contribution in [0.25, 0.3) is 5.69 Å². The average Bonchev–Trinajstić information content (AvgIpc) is 3.27.